The summed E-state index contributed by atoms with van der Waals surface area (Å²) in [6.45, 7) is 3.91. The van der Waals surface area contributed by atoms with Crippen molar-refractivity contribution in [2.75, 3.05) is 4.90 Å². The molecule has 0 bridgehead atoms. The van der Waals surface area contributed by atoms with Crippen molar-refractivity contribution in [2.45, 2.75) is 45.2 Å². The van der Waals surface area contributed by atoms with E-state index in [1.54, 1.807) is 12.1 Å². The Balaban J connectivity index is 1.84. The summed E-state index contributed by atoms with van der Waals surface area (Å²) in [7, 11) is 0. The molecule has 2 aromatic carbocycles. The average molecular weight is 448 g/mol. The van der Waals surface area contributed by atoms with Crippen LogP contribution in [0.5, 0.6) is 0 Å². The van der Waals surface area contributed by atoms with E-state index in [9.17, 15) is 22.8 Å². The van der Waals surface area contributed by atoms with Crippen molar-refractivity contribution in [3.63, 3.8) is 0 Å². The van der Waals surface area contributed by atoms with E-state index in [2.05, 4.69) is 0 Å². The second-order valence-electron chi connectivity index (χ2n) is 8.88. The van der Waals surface area contributed by atoms with Gasteiger partial charge in [0.25, 0.3) is 0 Å². The third kappa shape index (κ3) is 4.13. The number of hydrogen-bond acceptors (Lipinski definition) is 2. The van der Waals surface area contributed by atoms with E-state index in [1.807, 2.05) is 26.0 Å². The Morgan fingerprint density at radius 1 is 0.968 bits per heavy atom. The Hall–Kier alpha value is -2.60. The maximum atomic E-state index is 13.2. The maximum Gasteiger partial charge on any atom is 0.416 e. The molecule has 0 fully saturated rings. The highest BCUT2D eigenvalue weighted by molar-refractivity contribution is 6.30. The largest absolute Gasteiger partial charge is 0.416 e. The molecule has 1 aliphatic carbocycles. The molecule has 0 spiro atoms. The van der Waals surface area contributed by atoms with Gasteiger partial charge >= 0.3 is 6.18 Å². The Kier molecular flexibility index (Phi) is 5.24. The van der Waals surface area contributed by atoms with Crippen LogP contribution in [0.25, 0.3) is 0 Å². The van der Waals surface area contributed by atoms with Crippen LogP contribution in [0, 0.1) is 5.41 Å². The standard InChI is InChI=1S/C24H21ClF3NO2/c1-23(2)12-19-22(20(30)13-23)18(14-3-7-16(25)8-4-14)11-21(31)29(19)17-9-5-15(6-10-17)24(26,27)28/h3-10,18H,11-13H2,1-2H3. The Morgan fingerprint density at radius 2 is 1.58 bits per heavy atom. The second-order valence-corrected chi connectivity index (χ2v) is 9.32. The Labute approximate surface area is 183 Å². The number of hydrogen-bond donors (Lipinski definition) is 0. The summed E-state index contributed by atoms with van der Waals surface area (Å²) < 4.78 is 39.0. The predicted molar refractivity (Wildman–Crippen MR) is 113 cm³/mol. The molecule has 0 N–H and O–H groups in total. The van der Waals surface area contributed by atoms with Crippen LogP contribution in [0.2, 0.25) is 5.02 Å². The van der Waals surface area contributed by atoms with Gasteiger partial charge in [-0.15, -0.1) is 0 Å². The molecule has 1 amide bonds. The van der Waals surface area contributed by atoms with Crippen LogP contribution >= 0.6 is 11.6 Å². The number of carbonyl (C=O) groups is 2. The van der Waals surface area contributed by atoms with Crippen LogP contribution in [0.15, 0.2) is 59.8 Å². The monoisotopic (exact) mass is 447 g/mol. The molecule has 2 aromatic rings. The molecule has 162 valence electrons. The van der Waals surface area contributed by atoms with Gasteiger partial charge in [-0.1, -0.05) is 37.6 Å². The highest BCUT2D eigenvalue weighted by Gasteiger charge is 2.44. The fourth-order valence-corrected chi connectivity index (χ4v) is 4.62. The van der Waals surface area contributed by atoms with Gasteiger partial charge in [-0.2, -0.15) is 13.2 Å². The molecule has 2 aliphatic rings. The van der Waals surface area contributed by atoms with Gasteiger partial charge in [0.15, 0.2) is 5.78 Å². The number of allylic oxidation sites excluding steroid dienone is 2. The SMILES string of the molecule is CC1(C)CC(=O)C2=C(C1)N(c1ccc(C(F)(F)F)cc1)C(=O)CC2c1ccc(Cl)cc1. The van der Waals surface area contributed by atoms with Crippen molar-refractivity contribution >= 4 is 29.0 Å². The molecule has 3 nitrogen and oxygen atoms in total. The minimum atomic E-state index is -4.46. The van der Waals surface area contributed by atoms with Crippen molar-refractivity contribution < 1.29 is 22.8 Å². The van der Waals surface area contributed by atoms with Crippen LogP contribution < -0.4 is 4.90 Å². The van der Waals surface area contributed by atoms with Crippen LogP contribution in [0.3, 0.4) is 0 Å². The lowest BCUT2D eigenvalue weighted by molar-refractivity contribution is -0.137. The molecule has 0 aromatic heterocycles. The number of ketones is 1. The lowest BCUT2D eigenvalue weighted by Gasteiger charge is -2.43. The minimum Gasteiger partial charge on any atom is -0.294 e. The predicted octanol–water partition coefficient (Wildman–Crippen LogP) is 6.52. The van der Waals surface area contributed by atoms with Crippen molar-refractivity contribution in [3.8, 4) is 0 Å². The first-order valence-corrected chi connectivity index (χ1v) is 10.4. The quantitative estimate of drug-likeness (QED) is 0.525. The van der Waals surface area contributed by atoms with Gasteiger partial charge in [0.2, 0.25) is 5.91 Å². The first-order chi connectivity index (χ1) is 14.5. The van der Waals surface area contributed by atoms with Crippen LogP contribution in [-0.2, 0) is 15.8 Å². The molecular weight excluding hydrogens is 427 g/mol. The summed E-state index contributed by atoms with van der Waals surface area (Å²) in [4.78, 5) is 27.9. The molecule has 1 atom stereocenters. The Bertz CT molecular complexity index is 1070. The molecule has 0 radical (unpaired) electrons. The normalized spacial score (nSPS) is 21.4. The van der Waals surface area contributed by atoms with Gasteiger partial charge < -0.3 is 0 Å². The van der Waals surface area contributed by atoms with Gasteiger partial charge in [0, 0.05) is 40.7 Å². The fourth-order valence-electron chi connectivity index (χ4n) is 4.49. The summed E-state index contributed by atoms with van der Waals surface area (Å²) in [6.07, 6.45) is -3.57. The number of halogens is 4. The molecular formula is C24H21ClF3NO2. The highest BCUT2D eigenvalue weighted by atomic mass is 35.5. The van der Waals surface area contributed by atoms with Gasteiger partial charge in [-0.3, -0.25) is 14.5 Å². The molecule has 31 heavy (non-hydrogen) atoms. The molecule has 1 heterocycles. The topological polar surface area (TPSA) is 37.4 Å². The first kappa shape index (κ1) is 21.6. The molecule has 4 rings (SSSR count). The summed E-state index contributed by atoms with van der Waals surface area (Å²) in [6, 6.07) is 11.6. The van der Waals surface area contributed by atoms with Gasteiger partial charge in [-0.25, -0.2) is 0 Å². The van der Waals surface area contributed by atoms with E-state index in [0.29, 0.717) is 34.8 Å². The zero-order valence-electron chi connectivity index (χ0n) is 17.1. The van der Waals surface area contributed by atoms with E-state index in [0.717, 1.165) is 17.7 Å². The molecule has 7 heteroatoms. The number of benzene rings is 2. The molecule has 1 unspecified atom stereocenters. The summed E-state index contributed by atoms with van der Waals surface area (Å²) >= 11 is 6.00. The van der Waals surface area contributed by atoms with Crippen molar-refractivity contribution in [2.24, 2.45) is 5.41 Å². The lowest BCUT2D eigenvalue weighted by Crippen LogP contribution is -2.43. The third-order valence-corrected chi connectivity index (χ3v) is 6.12. The molecule has 0 saturated heterocycles. The zero-order valence-corrected chi connectivity index (χ0v) is 17.8. The van der Waals surface area contributed by atoms with E-state index >= 15 is 0 Å². The minimum absolute atomic E-state index is 0.0318. The van der Waals surface area contributed by atoms with Gasteiger partial charge in [0.05, 0.1) is 5.56 Å². The van der Waals surface area contributed by atoms with E-state index < -0.39 is 17.7 Å². The number of carbonyl (C=O) groups excluding carboxylic acids is 2. The average Bonchev–Trinajstić information content (AvgIpc) is 2.66. The van der Waals surface area contributed by atoms with E-state index in [4.69, 9.17) is 11.6 Å². The van der Waals surface area contributed by atoms with E-state index in [-0.39, 0.29) is 23.5 Å². The molecule has 1 aliphatic heterocycles. The molecule has 0 saturated carbocycles. The number of nitrogens with zero attached hydrogens (tertiary/aromatic N) is 1. The van der Waals surface area contributed by atoms with Crippen molar-refractivity contribution in [1.29, 1.82) is 0 Å². The number of anilines is 1. The summed E-state index contributed by atoms with van der Waals surface area (Å²) in [5, 5.41) is 0.558. The Morgan fingerprint density at radius 3 is 2.16 bits per heavy atom. The van der Waals surface area contributed by atoms with E-state index in [1.165, 1.54) is 17.0 Å². The number of amides is 1. The van der Waals surface area contributed by atoms with Gasteiger partial charge in [0.1, 0.15) is 0 Å². The summed E-state index contributed by atoms with van der Waals surface area (Å²) in [5.41, 5.74) is 1.17. The first-order valence-electron chi connectivity index (χ1n) is 9.98. The summed E-state index contributed by atoms with van der Waals surface area (Å²) in [5.74, 6) is -0.673. The third-order valence-electron chi connectivity index (χ3n) is 5.87. The number of Topliss-reactive ketones (excluding diaryl/α,β-unsaturated/α-hetero) is 1. The maximum absolute atomic E-state index is 13.2. The number of rotatable bonds is 2. The second kappa shape index (κ2) is 7.52. The highest BCUT2D eigenvalue weighted by Crippen LogP contribution is 2.48. The van der Waals surface area contributed by atoms with Crippen molar-refractivity contribution in [1.82, 2.24) is 0 Å². The number of alkyl halides is 3. The van der Waals surface area contributed by atoms with Gasteiger partial charge in [-0.05, 0) is 53.8 Å². The fraction of sp³-hybridized carbons (Fsp3) is 0.333. The van der Waals surface area contributed by atoms with Crippen LogP contribution in [0.1, 0.15) is 50.2 Å². The van der Waals surface area contributed by atoms with Crippen molar-refractivity contribution in [3.05, 3.63) is 76.0 Å². The lowest BCUT2D eigenvalue weighted by atomic mass is 9.69. The van der Waals surface area contributed by atoms with Crippen LogP contribution in [0.4, 0.5) is 18.9 Å². The smallest absolute Gasteiger partial charge is 0.294 e. The zero-order chi connectivity index (χ0) is 22.6. The van der Waals surface area contributed by atoms with Crippen LogP contribution in [-0.4, -0.2) is 11.7 Å².